The van der Waals surface area contributed by atoms with Crippen molar-refractivity contribution in [3.63, 3.8) is 0 Å². The molecule has 21 heavy (non-hydrogen) atoms. The van der Waals surface area contributed by atoms with Crippen molar-refractivity contribution in [3.8, 4) is 5.75 Å². The van der Waals surface area contributed by atoms with Gasteiger partial charge in [-0.3, -0.25) is 0 Å². The van der Waals surface area contributed by atoms with E-state index in [0.29, 0.717) is 0 Å². The Hall–Kier alpha value is -1.71. The Morgan fingerprint density at radius 3 is 2.38 bits per heavy atom. The number of hydrogen-bond donors (Lipinski definition) is 1. The van der Waals surface area contributed by atoms with Gasteiger partial charge in [0.1, 0.15) is 5.75 Å². The minimum absolute atomic E-state index is 0.00333. The molecule has 3 heteroatoms. The number of aliphatic hydroxyl groups is 1. The molecule has 0 amide bonds. The minimum atomic E-state index is -0.551. The first-order valence-corrected chi connectivity index (χ1v) is 7.85. The van der Waals surface area contributed by atoms with Crippen LogP contribution >= 0.6 is 11.8 Å². The Morgan fingerprint density at radius 1 is 1.14 bits per heavy atom. The van der Waals surface area contributed by atoms with E-state index < -0.39 is 6.10 Å². The van der Waals surface area contributed by atoms with Crippen LogP contribution in [-0.2, 0) is 0 Å². The minimum Gasteiger partial charge on any atom is -0.497 e. The number of thioether (sulfide) groups is 1. The Balaban J connectivity index is 2.00. The molecule has 110 valence electrons. The summed E-state index contributed by atoms with van der Waals surface area (Å²) in [6.07, 6.45) is 1.27. The summed E-state index contributed by atoms with van der Waals surface area (Å²) < 4.78 is 5.14. The molecular weight excluding hydrogens is 280 g/mol. The molecule has 0 fully saturated rings. The largest absolute Gasteiger partial charge is 0.497 e. The highest BCUT2D eigenvalue weighted by Gasteiger charge is 2.18. The van der Waals surface area contributed by atoms with Crippen LogP contribution in [0, 0.1) is 5.92 Å². The molecule has 0 heterocycles. The van der Waals surface area contributed by atoms with Crippen molar-refractivity contribution in [2.24, 2.45) is 5.92 Å². The third-order valence-corrected chi connectivity index (χ3v) is 4.51. The molecule has 0 aromatic heterocycles. The second-order valence-corrected chi connectivity index (χ2v) is 5.84. The Bertz CT molecular complexity index is 551. The summed E-state index contributed by atoms with van der Waals surface area (Å²) in [5.74, 6) is 1.59. The maximum absolute atomic E-state index is 10.5. The fourth-order valence-corrected chi connectivity index (χ4v) is 3.10. The molecule has 0 aliphatic heterocycles. The average molecular weight is 300 g/mol. The SMILES string of the molecule is C=C[C@@H](CSc1ccccc1)[C@@H](O)c1ccc(OC)cc1. The highest BCUT2D eigenvalue weighted by atomic mass is 32.2. The van der Waals surface area contributed by atoms with E-state index in [0.717, 1.165) is 17.1 Å². The van der Waals surface area contributed by atoms with Crippen molar-refractivity contribution in [1.82, 2.24) is 0 Å². The van der Waals surface area contributed by atoms with Gasteiger partial charge >= 0.3 is 0 Å². The third-order valence-electron chi connectivity index (χ3n) is 3.35. The molecule has 0 radical (unpaired) electrons. The van der Waals surface area contributed by atoms with Crippen molar-refractivity contribution >= 4 is 11.8 Å². The summed E-state index contributed by atoms with van der Waals surface area (Å²) in [6, 6.07) is 17.7. The van der Waals surface area contributed by atoms with Crippen molar-refractivity contribution in [1.29, 1.82) is 0 Å². The number of hydrogen-bond acceptors (Lipinski definition) is 3. The lowest BCUT2D eigenvalue weighted by Gasteiger charge is -2.20. The summed E-state index contributed by atoms with van der Waals surface area (Å²) in [7, 11) is 1.63. The molecular formula is C18H20O2S. The van der Waals surface area contributed by atoms with Crippen LogP contribution in [0.5, 0.6) is 5.75 Å². The Labute approximate surface area is 130 Å². The van der Waals surface area contributed by atoms with E-state index in [-0.39, 0.29) is 5.92 Å². The lowest BCUT2D eigenvalue weighted by atomic mass is 9.97. The van der Waals surface area contributed by atoms with E-state index in [1.165, 1.54) is 4.90 Å². The van der Waals surface area contributed by atoms with Gasteiger partial charge in [-0.1, -0.05) is 36.4 Å². The van der Waals surface area contributed by atoms with Gasteiger partial charge < -0.3 is 9.84 Å². The van der Waals surface area contributed by atoms with Crippen molar-refractivity contribution in [2.75, 3.05) is 12.9 Å². The fourth-order valence-electron chi connectivity index (χ4n) is 2.05. The fraction of sp³-hybridized carbons (Fsp3) is 0.222. The van der Waals surface area contributed by atoms with Crippen molar-refractivity contribution in [3.05, 3.63) is 72.8 Å². The second kappa shape index (κ2) is 7.91. The first kappa shape index (κ1) is 15.7. The molecule has 2 aromatic rings. The van der Waals surface area contributed by atoms with Gasteiger partial charge in [-0.25, -0.2) is 0 Å². The predicted octanol–water partition coefficient (Wildman–Crippen LogP) is 4.32. The van der Waals surface area contributed by atoms with E-state index in [2.05, 4.69) is 18.7 Å². The summed E-state index contributed by atoms with van der Waals surface area (Å²) in [6.45, 7) is 3.86. The summed E-state index contributed by atoms with van der Waals surface area (Å²) in [5, 5.41) is 10.5. The summed E-state index contributed by atoms with van der Waals surface area (Å²) >= 11 is 1.73. The third kappa shape index (κ3) is 4.38. The van der Waals surface area contributed by atoms with Crippen LogP contribution < -0.4 is 4.74 Å². The monoisotopic (exact) mass is 300 g/mol. The van der Waals surface area contributed by atoms with Crippen LogP contribution in [0.15, 0.2) is 72.1 Å². The van der Waals surface area contributed by atoms with Crippen LogP contribution in [0.1, 0.15) is 11.7 Å². The molecule has 0 unspecified atom stereocenters. The van der Waals surface area contributed by atoms with Crippen molar-refractivity contribution < 1.29 is 9.84 Å². The molecule has 0 saturated heterocycles. The number of benzene rings is 2. The van der Waals surface area contributed by atoms with Gasteiger partial charge in [0.2, 0.25) is 0 Å². The van der Waals surface area contributed by atoms with E-state index in [1.807, 2.05) is 48.5 Å². The number of methoxy groups -OCH3 is 1. The summed E-state index contributed by atoms with van der Waals surface area (Å²) in [4.78, 5) is 1.20. The Morgan fingerprint density at radius 2 is 1.81 bits per heavy atom. The molecule has 0 saturated carbocycles. The van der Waals surface area contributed by atoms with Crippen LogP contribution in [0.3, 0.4) is 0 Å². The predicted molar refractivity (Wildman–Crippen MR) is 88.8 cm³/mol. The van der Waals surface area contributed by atoms with Gasteiger partial charge in [-0.2, -0.15) is 0 Å². The zero-order valence-corrected chi connectivity index (χ0v) is 12.9. The number of rotatable bonds is 7. The van der Waals surface area contributed by atoms with Gasteiger partial charge in [0.15, 0.2) is 0 Å². The van der Waals surface area contributed by atoms with Gasteiger partial charge in [0.05, 0.1) is 13.2 Å². The van der Waals surface area contributed by atoms with Gasteiger partial charge in [-0.05, 0) is 29.8 Å². The summed E-state index contributed by atoms with van der Waals surface area (Å²) in [5.41, 5.74) is 0.884. The molecule has 2 atom stereocenters. The zero-order chi connectivity index (χ0) is 15.1. The smallest absolute Gasteiger partial charge is 0.118 e. The van der Waals surface area contributed by atoms with Crippen molar-refractivity contribution in [2.45, 2.75) is 11.0 Å². The maximum Gasteiger partial charge on any atom is 0.118 e. The standard InChI is InChI=1S/C18H20O2S/c1-3-14(13-21-17-7-5-4-6-8-17)18(19)15-9-11-16(20-2)12-10-15/h3-12,14,18-19H,1,13H2,2H3/t14-,18+/m0/s1. The average Bonchev–Trinajstić information content (AvgIpc) is 2.56. The van der Waals surface area contributed by atoms with Crippen LogP contribution in [0.25, 0.3) is 0 Å². The normalized spacial score (nSPS) is 13.4. The van der Waals surface area contributed by atoms with Gasteiger partial charge in [0, 0.05) is 16.6 Å². The molecule has 0 aliphatic carbocycles. The zero-order valence-electron chi connectivity index (χ0n) is 12.1. The van der Waals surface area contributed by atoms with Crippen LogP contribution in [0.2, 0.25) is 0 Å². The molecule has 0 aliphatic rings. The van der Waals surface area contributed by atoms with E-state index in [9.17, 15) is 5.11 Å². The van der Waals surface area contributed by atoms with Crippen LogP contribution in [0.4, 0.5) is 0 Å². The van der Waals surface area contributed by atoms with E-state index in [4.69, 9.17) is 4.74 Å². The van der Waals surface area contributed by atoms with E-state index >= 15 is 0 Å². The topological polar surface area (TPSA) is 29.5 Å². The highest BCUT2D eigenvalue weighted by Crippen LogP contribution is 2.30. The molecule has 0 bridgehead atoms. The van der Waals surface area contributed by atoms with E-state index in [1.54, 1.807) is 18.9 Å². The highest BCUT2D eigenvalue weighted by molar-refractivity contribution is 7.99. The lowest BCUT2D eigenvalue weighted by molar-refractivity contribution is 0.142. The van der Waals surface area contributed by atoms with Gasteiger partial charge in [-0.15, -0.1) is 18.3 Å². The molecule has 0 spiro atoms. The van der Waals surface area contributed by atoms with Crippen LogP contribution in [-0.4, -0.2) is 18.0 Å². The lowest BCUT2D eigenvalue weighted by Crippen LogP contribution is -2.12. The maximum atomic E-state index is 10.5. The number of aliphatic hydroxyl groups excluding tert-OH is 1. The molecule has 2 aromatic carbocycles. The Kier molecular flexibility index (Phi) is 5.90. The molecule has 2 nitrogen and oxygen atoms in total. The second-order valence-electron chi connectivity index (χ2n) is 4.74. The first-order chi connectivity index (χ1) is 10.2. The molecule has 1 N–H and O–H groups in total. The molecule has 2 rings (SSSR count). The van der Waals surface area contributed by atoms with Gasteiger partial charge in [0.25, 0.3) is 0 Å². The number of ether oxygens (including phenoxy) is 1. The quantitative estimate of drug-likeness (QED) is 0.610. The first-order valence-electron chi connectivity index (χ1n) is 6.87.